The van der Waals surface area contributed by atoms with Crippen molar-refractivity contribution >= 4 is 11.8 Å². The maximum Gasteiger partial charge on any atom is 0.239 e. The summed E-state index contributed by atoms with van der Waals surface area (Å²) in [5.41, 5.74) is 0. The molecule has 1 rings (SSSR count). The fourth-order valence-corrected chi connectivity index (χ4v) is 1.76. The van der Waals surface area contributed by atoms with Crippen molar-refractivity contribution in [2.45, 2.75) is 45.3 Å². The van der Waals surface area contributed by atoms with Crippen LogP contribution in [-0.2, 0) is 9.59 Å². The molecule has 1 fully saturated rings. The average molecular weight is 227 g/mol. The standard InChI is InChI=1S/C11H21N3O2/c1-7(2)12-10(15)8(3)13-9-5-6-14(4)11(9)16/h7-9,13H,5-6H2,1-4H3,(H,12,15). The van der Waals surface area contributed by atoms with Crippen molar-refractivity contribution in [2.24, 2.45) is 0 Å². The third-order valence-electron chi connectivity index (χ3n) is 2.70. The molecule has 1 aliphatic heterocycles. The van der Waals surface area contributed by atoms with Crippen LogP contribution in [0.5, 0.6) is 0 Å². The highest BCUT2D eigenvalue weighted by molar-refractivity contribution is 5.86. The fourth-order valence-electron chi connectivity index (χ4n) is 1.76. The number of amides is 2. The van der Waals surface area contributed by atoms with Crippen LogP contribution in [0.2, 0.25) is 0 Å². The molecule has 0 aromatic heterocycles. The molecule has 5 heteroatoms. The number of rotatable bonds is 4. The minimum atomic E-state index is -0.331. The molecule has 2 N–H and O–H groups in total. The predicted octanol–water partition coefficient (Wildman–Crippen LogP) is -0.280. The van der Waals surface area contributed by atoms with Crippen molar-refractivity contribution in [3.63, 3.8) is 0 Å². The maximum atomic E-state index is 11.6. The lowest BCUT2D eigenvalue weighted by atomic mass is 10.2. The van der Waals surface area contributed by atoms with Crippen LogP contribution in [0, 0.1) is 0 Å². The molecule has 16 heavy (non-hydrogen) atoms. The first-order valence-corrected chi connectivity index (χ1v) is 5.73. The minimum Gasteiger partial charge on any atom is -0.353 e. The first-order chi connectivity index (χ1) is 7.41. The van der Waals surface area contributed by atoms with E-state index < -0.39 is 0 Å². The largest absolute Gasteiger partial charge is 0.353 e. The van der Waals surface area contributed by atoms with Crippen molar-refractivity contribution in [3.8, 4) is 0 Å². The zero-order valence-corrected chi connectivity index (χ0v) is 10.4. The summed E-state index contributed by atoms with van der Waals surface area (Å²) >= 11 is 0. The van der Waals surface area contributed by atoms with Gasteiger partial charge in [0.25, 0.3) is 0 Å². The number of likely N-dealkylation sites (tertiary alicyclic amines) is 1. The van der Waals surface area contributed by atoms with Gasteiger partial charge >= 0.3 is 0 Å². The lowest BCUT2D eigenvalue weighted by molar-refractivity contribution is -0.129. The molecule has 0 bridgehead atoms. The van der Waals surface area contributed by atoms with Crippen molar-refractivity contribution in [1.29, 1.82) is 0 Å². The number of carbonyl (C=O) groups is 2. The normalized spacial score (nSPS) is 22.7. The van der Waals surface area contributed by atoms with Gasteiger partial charge in [0.1, 0.15) is 0 Å². The second-order valence-corrected chi connectivity index (χ2v) is 4.65. The molecule has 92 valence electrons. The molecule has 1 heterocycles. The predicted molar refractivity (Wildman–Crippen MR) is 61.9 cm³/mol. The Kier molecular flexibility index (Phi) is 4.29. The SMILES string of the molecule is CC(C)NC(=O)C(C)NC1CCN(C)C1=O. The van der Waals surface area contributed by atoms with Gasteiger partial charge in [-0.1, -0.05) is 0 Å². The monoisotopic (exact) mass is 227 g/mol. The van der Waals surface area contributed by atoms with E-state index in [-0.39, 0.29) is 29.9 Å². The third-order valence-corrected chi connectivity index (χ3v) is 2.70. The Morgan fingerprint density at radius 1 is 1.44 bits per heavy atom. The summed E-state index contributed by atoms with van der Waals surface area (Å²) in [6.07, 6.45) is 0.772. The van der Waals surface area contributed by atoms with Crippen molar-refractivity contribution in [1.82, 2.24) is 15.5 Å². The maximum absolute atomic E-state index is 11.6. The molecule has 0 radical (unpaired) electrons. The second kappa shape index (κ2) is 5.30. The van der Waals surface area contributed by atoms with Gasteiger partial charge in [0.05, 0.1) is 12.1 Å². The molecular formula is C11H21N3O2. The van der Waals surface area contributed by atoms with Gasteiger partial charge in [-0.15, -0.1) is 0 Å². The number of nitrogens with one attached hydrogen (secondary N) is 2. The van der Waals surface area contributed by atoms with Gasteiger partial charge in [0.15, 0.2) is 0 Å². The van der Waals surface area contributed by atoms with Crippen molar-refractivity contribution in [3.05, 3.63) is 0 Å². The van der Waals surface area contributed by atoms with Gasteiger partial charge in [-0.05, 0) is 27.2 Å². The first-order valence-electron chi connectivity index (χ1n) is 5.73. The third kappa shape index (κ3) is 3.20. The molecule has 0 aliphatic carbocycles. The molecule has 2 unspecified atom stereocenters. The van der Waals surface area contributed by atoms with E-state index >= 15 is 0 Å². The van der Waals surface area contributed by atoms with E-state index in [0.717, 1.165) is 13.0 Å². The topological polar surface area (TPSA) is 61.4 Å². The Morgan fingerprint density at radius 3 is 2.50 bits per heavy atom. The number of hydrogen-bond acceptors (Lipinski definition) is 3. The molecule has 1 aliphatic rings. The highest BCUT2D eigenvalue weighted by Gasteiger charge is 2.31. The zero-order valence-electron chi connectivity index (χ0n) is 10.4. The summed E-state index contributed by atoms with van der Waals surface area (Å²) in [6, 6.07) is -0.417. The smallest absolute Gasteiger partial charge is 0.239 e. The van der Waals surface area contributed by atoms with Crippen LogP contribution in [0.15, 0.2) is 0 Å². The number of hydrogen-bond donors (Lipinski definition) is 2. The summed E-state index contributed by atoms with van der Waals surface area (Å²) in [4.78, 5) is 24.9. The molecule has 0 aromatic rings. The zero-order chi connectivity index (χ0) is 12.3. The van der Waals surface area contributed by atoms with E-state index in [0.29, 0.717) is 0 Å². The number of carbonyl (C=O) groups excluding carboxylic acids is 2. The van der Waals surface area contributed by atoms with Gasteiger partial charge in [-0.2, -0.15) is 0 Å². The highest BCUT2D eigenvalue weighted by atomic mass is 16.2. The Hall–Kier alpha value is -1.10. The van der Waals surface area contributed by atoms with Crippen LogP contribution in [0.25, 0.3) is 0 Å². The van der Waals surface area contributed by atoms with E-state index in [2.05, 4.69) is 10.6 Å². The molecule has 5 nitrogen and oxygen atoms in total. The molecule has 2 amide bonds. The van der Waals surface area contributed by atoms with E-state index in [9.17, 15) is 9.59 Å². The van der Waals surface area contributed by atoms with Gasteiger partial charge in [-0.25, -0.2) is 0 Å². The average Bonchev–Trinajstić information content (AvgIpc) is 2.48. The lowest BCUT2D eigenvalue weighted by Crippen LogP contribution is -2.50. The quantitative estimate of drug-likeness (QED) is 0.694. The summed E-state index contributed by atoms with van der Waals surface area (Å²) in [5, 5.41) is 5.88. The van der Waals surface area contributed by atoms with Crippen LogP contribution >= 0.6 is 0 Å². The Balaban J connectivity index is 2.42. The summed E-state index contributed by atoms with van der Waals surface area (Å²) in [5.74, 6) is 0.0153. The highest BCUT2D eigenvalue weighted by Crippen LogP contribution is 2.09. The van der Waals surface area contributed by atoms with Gasteiger partial charge in [0.2, 0.25) is 11.8 Å². The second-order valence-electron chi connectivity index (χ2n) is 4.65. The van der Waals surface area contributed by atoms with Crippen LogP contribution < -0.4 is 10.6 Å². The molecular weight excluding hydrogens is 206 g/mol. The van der Waals surface area contributed by atoms with Crippen LogP contribution in [0.3, 0.4) is 0 Å². The van der Waals surface area contributed by atoms with Gasteiger partial charge in [-0.3, -0.25) is 14.9 Å². The molecule has 0 saturated carbocycles. The Bertz CT molecular complexity index is 278. The number of nitrogens with zero attached hydrogens (tertiary/aromatic N) is 1. The number of likely N-dealkylation sites (N-methyl/N-ethyl adjacent to an activating group) is 1. The molecule has 0 spiro atoms. The van der Waals surface area contributed by atoms with Crippen LogP contribution in [0.1, 0.15) is 27.2 Å². The summed E-state index contributed by atoms with van der Waals surface area (Å²) in [7, 11) is 1.78. The molecule has 2 atom stereocenters. The van der Waals surface area contributed by atoms with Crippen molar-refractivity contribution in [2.75, 3.05) is 13.6 Å². The molecule has 1 saturated heterocycles. The van der Waals surface area contributed by atoms with E-state index in [1.54, 1.807) is 18.9 Å². The Morgan fingerprint density at radius 2 is 2.06 bits per heavy atom. The van der Waals surface area contributed by atoms with Gasteiger partial charge < -0.3 is 10.2 Å². The Labute approximate surface area is 96.6 Å². The van der Waals surface area contributed by atoms with E-state index in [4.69, 9.17) is 0 Å². The van der Waals surface area contributed by atoms with Gasteiger partial charge in [0, 0.05) is 19.6 Å². The minimum absolute atomic E-state index is 0.0580. The van der Waals surface area contributed by atoms with Crippen LogP contribution in [0.4, 0.5) is 0 Å². The summed E-state index contributed by atoms with van der Waals surface area (Å²) < 4.78 is 0. The molecule has 0 aromatic carbocycles. The lowest BCUT2D eigenvalue weighted by Gasteiger charge is -2.19. The van der Waals surface area contributed by atoms with E-state index in [1.807, 2.05) is 13.8 Å². The fraction of sp³-hybridized carbons (Fsp3) is 0.818. The van der Waals surface area contributed by atoms with E-state index in [1.165, 1.54) is 0 Å². The van der Waals surface area contributed by atoms with Crippen LogP contribution in [-0.4, -0.2) is 48.4 Å². The van der Waals surface area contributed by atoms with Crippen molar-refractivity contribution < 1.29 is 9.59 Å². The summed E-state index contributed by atoms with van der Waals surface area (Å²) in [6.45, 7) is 6.37. The first kappa shape index (κ1) is 13.0.